The molecule has 0 bridgehead atoms. The molecule has 1 aliphatic heterocycles. The second-order valence-corrected chi connectivity index (χ2v) is 8.63. The van der Waals surface area contributed by atoms with Crippen molar-refractivity contribution in [2.24, 2.45) is 23.1 Å². The van der Waals surface area contributed by atoms with Crippen molar-refractivity contribution >= 4 is 12.3 Å². The highest BCUT2D eigenvalue weighted by Gasteiger charge is 2.35. The number of likely N-dealkylation sites (tertiary alicyclic amines) is 1. The van der Waals surface area contributed by atoms with Crippen LogP contribution < -0.4 is 17.2 Å². The van der Waals surface area contributed by atoms with Crippen LogP contribution in [0.1, 0.15) is 38.7 Å². The summed E-state index contributed by atoms with van der Waals surface area (Å²) in [6.07, 6.45) is 7.72. The third kappa shape index (κ3) is 9.51. The molecule has 1 fully saturated rings. The lowest BCUT2D eigenvalue weighted by molar-refractivity contribution is -0.134. The Hall–Kier alpha value is -3.22. The van der Waals surface area contributed by atoms with Gasteiger partial charge in [0.15, 0.2) is 0 Å². The number of hydrogen-bond acceptors (Lipinski definition) is 4. The summed E-state index contributed by atoms with van der Waals surface area (Å²) in [6, 6.07) is 17.7. The van der Waals surface area contributed by atoms with Crippen molar-refractivity contribution in [1.82, 2.24) is 4.90 Å². The molecule has 0 saturated carbocycles. The van der Waals surface area contributed by atoms with Gasteiger partial charge in [0.25, 0.3) is 0 Å². The standard InChI is InChI=1S/C24H31N3O.C4H8.CH3NO/c1-3-17(2)22-10-7-15-27(22)24(28)23(26)21(25)16-18-11-13-20(14-12-18)19-8-5-4-6-9-19;1-3-4-2;2-1-3/h3-6,8-9,11-14,17,21-23H,1,7,10,15-16,25-26H2,2H3;3H,1,4H2,2H3;1H,(H2,2,3). The van der Waals surface area contributed by atoms with Gasteiger partial charge < -0.3 is 22.1 Å². The van der Waals surface area contributed by atoms with Gasteiger partial charge in [0.05, 0.1) is 6.04 Å². The number of benzene rings is 2. The van der Waals surface area contributed by atoms with Crippen LogP contribution >= 0.6 is 0 Å². The van der Waals surface area contributed by atoms with Crippen molar-refractivity contribution in [2.45, 2.75) is 57.7 Å². The Morgan fingerprint density at radius 1 is 1.09 bits per heavy atom. The van der Waals surface area contributed by atoms with Crippen molar-refractivity contribution < 1.29 is 9.59 Å². The molecule has 6 heteroatoms. The van der Waals surface area contributed by atoms with Crippen molar-refractivity contribution in [3.63, 3.8) is 0 Å². The summed E-state index contributed by atoms with van der Waals surface area (Å²) in [5, 5.41) is 0. The van der Waals surface area contributed by atoms with Crippen LogP contribution in [0.4, 0.5) is 0 Å². The van der Waals surface area contributed by atoms with Crippen LogP contribution in [0.2, 0.25) is 0 Å². The van der Waals surface area contributed by atoms with E-state index in [9.17, 15) is 4.79 Å². The number of allylic oxidation sites excluding steroid dienone is 1. The van der Waals surface area contributed by atoms with Crippen molar-refractivity contribution in [3.05, 3.63) is 85.5 Å². The fraction of sp³-hybridized carbons (Fsp3) is 0.379. The normalized spacial score (nSPS) is 16.9. The lowest BCUT2D eigenvalue weighted by atomic mass is 9.96. The van der Waals surface area contributed by atoms with Crippen molar-refractivity contribution in [3.8, 4) is 11.1 Å². The largest absolute Gasteiger partial charge is 0.372 e. The summed E-state index contributed by atoms with van der Waals surface area (Å²) in [5.74, 6) is 0.227. The van der Waals surface area contributed by atoms with Crippen LogP contribution in [0.3, 0.4) is 0 Å². The molecule has 1 saturated heterocycles. The Morgan fingerprint density at radius 2 is 1.63 bits per heavy atom. The molecular weight excluding hydrogens is 436 g/mol. The number of hydrogen-bond donors (Lipinski definition) is 3. The SMILES string of the molecule is C=CC(C)C1CCCN1C(=O)C(N)C(N)Cc1ccc(-c2ccccc2)cc1.C=CCC.NC=O. The number of carbonyl (C=O) groups excluding carboxylic acids is 2. The fourth-order valence-electron chi connectivity index (χ4n) is 4.01. The smallest absolute Gasteiger partial charge is 0.241 e. The molecule has 6 nitrogen and oxygen atoms in total. The quantitative estimate of drug-likeness (QED) is 0.392. The molecule has 3 rings (SSSR count). The molecule has 4 unspecified atom stereocenters. The van der Waals surface area contributed by atoms with Crippen LogP contribution in [-0.4, -0.2) is 41.9 Å². The van der Waals surface area contributed by atoms with Crippen LogP contribution in [0.25, 0.3) is 11.1 Å². The van der Waals surface area contributed by atoms with Gasteiger partial charge in [0.2, 0.25) is 12.3 Å². The van der Waals surface area contributed by atoms with E-state index < -0.39 is 12.1 Å². The molecule has 2 aromatic carbocycles. The Morgan fingerprint density at radius 3 is 2.14 bits per heavy atom. The monoisotopic (exact) mass is 478 g/mol. The van der Waals surface area contributed by atoms with Crippen LogP contribution in [0.15, 0.2) is 79.9 Å². The lowest BCUT2D eigenvalue weighted by Crippen LogP contribution is -2.55. The number of primary amides is 1. The minimum atomic E-state index is -0.689. The van der Waals surface area contributed by atoms with Crippen LogP contribution in [0, 0.1) is 5.92 Å². The Kier molecular flexibility index (Phi) is 14.0. The zero-order valence-electron chi connectivity index (χ0n) is 21.2. The van der Waals surface area contributed by atoms with E-state index in [1.54, 1.807) is 0 Å². The van der Waals surface area contributed by atoms with E-state index in [1.807, 2.05) is 35.3 Å². The highest BCUT2D eigenvalue weighted by atomic mass is 16.2. The van der Waals surface area contributed by atoms with Gasteiger partial charge in [-0.2, -0.15) is 0 Å². The first-order chi connectivity index (χ1) is 16.8. The second-order valence-electron chi connectivity index (χ2n) is 8.63. The summed E-state index contributed by atoms with van der Waals surface area (Å²) < 4.78 is 0. The average Bonchev–Trinajstić information content (AvgIpc) is 3.39. The summed E-state index contributed by atoms with van der Waals surface area (Å²) in [7, 11) is 0. The molecule has 2 aromatic rings. The maximum absolute atomic E-state index is 12.9. The lowest BCUT2D eigenvalue weighted by Gasteiger charge is -2.32. The van der Waals surface area contributed by atoms with Gasteiger partial charge in [0, 0.05) is 18.6 Å². The summed E-state index contributed by atoms with van der Waals surface area (Å²) in [6.45, 7) is 12.3. The summed E-state index contributed by atoms with van der Waals surface area (Å²) in [4.78, 5) is 23.4. The number of carbonyl (C=O) groups is 2. The van der Waals surface area contributed by atoms with Gasteiger partial charge in [-0.15, -0.1) is 13.2 Å². The Balaban J connectivity index is 0.000000778. The zero-order valence-corrected chi connectivity index (χ0v) is 21.2. The predicted molar refractivity (Wildman–Crippen MR) is 146 cm³/mol. The maximum atomic E-state index is 12.9. The highest BCUT2D eigenvalue weighted by molar-refractivity contribution is 5.83. The maximum Gasteiger partial charge on any atom is 0.241 e. The Labute approximate surface area is 210 Å². The van der Waals surface area contributed by atoms with Crippen molar-refractivity contribution in [2.75, 3.05) is 6.54 Å². The Bertz CT molecular complexity index is 899. The van der Waals surface area contributed by atoms with Crippen LogP contribution in [0.5, 0.6) is 0 Å². The number of amides is 2. The number of nitrogens with zero attached hydrogens (tertiary/aromatic N) is 1. The van der Waals surface area contributed by atoms with E-state index in [-0.39, 0.29) is 24.3 Å². The van der Waals surface area contributed by atoms with E-state index in [0.717, 1.165) is 36.9 Å². The molecule has 1 heterocycles. The third-order valence-electron chi connectivity index (χ3n) is 6.13. The second kappa shape index (κ2) is 16.4. The molecular formula is C29H42N4O2. The molecule has 0 spiro atoms. The van der Waals surface area contributed by atoms with Gasteiger partial charge >= 0.3 is 0 Å². The number of rotatable bonds is 8. The molecule has 0 radical (unpaired) electrons. The molecule has 2 amide bonds. The van der Waals surface area contributed by atoms with E-state index in [0.29, 0.717) is 6.42 Å². The first kappa shape index (κ1) is 29.8. The molecule has 35 heavy (non-hydrogen) atoms. The van der Waals surface area contributed by atoms with Crippen LogP contribution in [-0.2, 0) is 16.0 Å². The van der Waals surface area contributed by atoms with Gasteiger partial charge in [-0.05, 0) is 48.3 Å². The van der Waals surface area contributed by atoms with Gasteiger partial charge in [0.1, 0.15) is 0 Å². The topological polar surface area (TPSA) is 115 Å². The minimum Gasteiger partial charge on any atom is -0.372 e. The van der Waals surface area contributed by atoms with Gasteiger partial charge in [-0.1, -0.05) is 80.6 Å². The molecule has 4 atom stereocenters. The predicted octanol–water partition coefficient (Wildman–Crippen LogP) is 4.05. The highest BCUT2D eigenvalue weighted by Crippen LogP contribution is 2.26. The van der Waals surface area contributed by atoms with E-state index in [1.165, 1.54) is 5.56 Å². The molecule has 190 valence electrons. The van der Waals surface area contributed by atoms with E-state index in [2.05, 4.69) is 69.1 Å². The minimum absolute atomic E-state index is 0.0374. The fourth-order valence-corrected chi connectivity index (χ4v) is 4.01. The summed E-state index contributed by atoms with van der Waals surface area (Å²) in [5.41, 5.74) is 20.2. The first-order valence-corrected chi connectivity index (χ1v) is 12.2. The van der Waals surface area contributed by atoms with E-state index in [4.69, 9.17) is 16.3 Å². The number of nitrogens with two attached hydrogens (primary N) is 3. The summed E-state index contributed by atoms with van der Waals surface area (Å²) >= 11 is 0. The molecule has 6 N–H and O–H groups in total. The van der Waals surface area contributed by atoms with Crippen molar-refractivity contribution in [1.29, 1.82) is 0 Å². The molecule has 0 aromatic heterocycles. The van der Waals surface area contributed by atoms with Gasteiger partial charge in [-0.3, -0.25) is 9.59 Å². The van der Waals surface area contributed by atoms with Gasteiger partial charge in [-0.25, -0.2) is 0 Å². The average molecular weight is 479 g/mol. The molecule has 0 aliphatic carbocycles. The zero-order chi connectivity index (χ0) is 26.2. The molecule has 1 aliphatic rings. The first-order valence-electron chi connectivity index (χ1n) is 12.2. The third-order valence-corrected chi connectivity index (χ3v) is 6.13. The van der Waals surface area contributed by atoms with E-state index >= 15 is 0 Å².